The molecule has 0 saturated heterocycles. The molecule has 1 unspecified atom stereocenters. The van der Waals surface area contributed by atoms with Gasteiger partial charge in [0.2, 0.25) is 0 Å². The monoisotopic (exact) mass is 259 g/mol. The lowest BCUT2D eigenvalue weighted by Crippen LogP contribution is -2.48. The first-order valence-electron chi connectivity index (χ1n) is 8.04. The van der Waals surface area contributed by atoms with Gasteiger partial charge in [-0.3, -0.25) is 4.68 Å². The van der Waals surface area contributed by atoms with Crippen LogP contribution in [0.1, 0.15) is 44.6 Å². The second kappa shape index (κ2) is 4.62. The molecule has 1 heterocycles. The minimum absolute atomic E-state index is 0.551. The summed E-state index contributed by atoms with van der Waals surface area (Å²) in [5.41, 5.74) is 5.89. The molecule has 1 aromatic heterocycles. The molecule has 104 valence electrons. The molecule has 1 atom stereocenters. The minimum atomic E-state index is 0.551. The molecular weight excluding hydrogens is 234 g/mol. The Kier molecular flexibility index (Phi) is 2.91. The van der Waals surface area contributed by atoms with E-state index in [-0.39, 0.29) is 0 Å². The number of rotatable bonds is 4. The predicted molar refractivity (Wildman–Crippen MR) is 75.5 cm³/mol. The van der Waals surface area contributed by atoms with E-state index in [9.17, 15) is 0 Å². The molecule has 4 aliphatic carbocycles. The molecule has 0 aromatic carbocycles. The summed E-state index contributed by atoms with van der Waals surface area (Å²) < 4.78 is 2.21. The zero-order valence-electron chi connectivity index (χ0n) is 11.6. The van der Waals surface area contributed by atoms with E-state index < -0.39 is 0 Å². The second-order valence-corrected chi connectivity index (χ2v) is 7.14. The number of hydrogen-bond acceptors (Lipinski definition) is 2. The van der Waals surface area contributed by atoms with Crippen molar-refractivity contribution in [2.45, 2.75) is 44.6 Å². The van der Waals surface area contributed by atoms with Crippen molar-refractivity contribution in [2.24, 2.45) is 35.3 Å². The van der Waals surface area contributed by atoms with E-state index in [2.05, 4.69) is 22.0 Å². The molecular formula is C16H25N3. The van der Waals surface area contributed by atoms with Crippen LogP contribution in [0.3, 0.4) is 0 Å². The van der Waals surface area contributed by atoms with Gasteiger partial charge in [-0.2, -0.15) is 5.10 Å². The van der Waals surface area contributed by atoms with Crippen LogP contribution >= 0.6 is 0 Å². The van der Waals surface area contributed by atoms with Gasteiger partial charge >= 0.3 is 0 Å². The van der Waals surface area contributed by atoms with Gasteiger partial charge in [-0.1, -0.05) is 0 Å². The van der Waals surface area contributed by atoms with Crippen LogP contribution in [-0.2, 0) is 0 Å². The van der Waals surface area contributed by atoms with Crippen molar-refractivity contribution < 1.29 is 0 Å². The van der Waals surface area contributed by atoms with Gasteiger partial charge < -0.3 is 5.73 Å². The SMILES string of the molecule is NCCC(C1C2CC3CC(C2)CC1C3)n1cccn1. The summed E-state index contributed by atoms with van der Waals surface area (Å²) in [4.78, 5) is 0. The molecule has 2 N–H and O–H groups in total. The van der Waals surface area contributed by atoms with Gasteiger partial charge in [0.05, 0.1) is 6.04 Å². The standard InChI is InChI=1S/C16H25N3/c17-3-2-15(19-5-1-4-18-19)16-13-7-11-6-12(9-13)10-14(16)8-11/h1,4-5,11-16H,2-3,6-10,17H2. The maximum Gasteiger partial charge on any atom is 0.0564 e. The van der Waals surface area contributed by atoms with E-state index in [1.165, 1.54) is 32.1 Å². The smallest absolute Gasteiger partial charge is 0.0564 e. The van der Waals surface area contributed by atoms with Crippen molar-refractivity contribution in [2.75, 3.05) is 6.54 Å². The summed E-state index contributed by atoms with van der Waals surface area (Å²) in [6.07, 6.45) is 12.6. The Morgan fingerprint density at radius 1 is 1.11 bits per heavy atom. The second-order valence-electron chi connectivity index (χ2n) is 7.14. The van der Waals surface area contributed by atoms with Gasteiger partial charge in [0, 0.05) is 12.4 Å². The Morgan fingerprint density at radius 2 is 1.79 bits per heavy atom. The minimum Gasteiger partial charge on any atom is -0.330 e. The molecule has 4 fully saturated rings. The number of nitrogens with zero attached hydrogens (tertiary/aromatic N) is 2. The van der Waals surface area contributed by atoms with Crippen LogP contribution in [0.4, 0.5) is 0 Å². The highest BCUT2D eigenvalue weighted by Crippen LogP contribution is 2.59. The lowest BCUT2D eigenvalue weighted by Gasteiger charge is -2.56. The normalized spacial score (nSPS) is 41.6. The summed E-state index contributed by atoms with van der Waals surface area (Å²) in [5.74, 6) is 4.86. The van der Waals surface area contributed by atoms with Crippen LogP contribution in [0.15, 0.2) is 18.5 Å². The quantitative estimate of drug-likeness (QED) is 0.903. The summed E-state index contributed by atoms with van der Waals surface area (Å²) in [6.45, 7) is 0.785. The van der Waals surface area contributed by atoms with Crippen molar-refractivity contribution in [3.63, 3.8) is 0 Å². The van der Waals surface area contributed by atoms with Crippen molar-refractivity contribution >= 4 is 0 Å². The van der Waals surface area contributed by atoms with Crippen LogP contribution in [0.25, 0.3) is 0 Å². The van der Waals surface area contributed by atoms with Crippen molar-refractivity contribution in [3.8, 4) is 0 Å². The Labute approximate surface area is 115 Å². The van der Waals surface area contributed by atoms with Crippen molar-refractivity contribution in [1.29, 1.82) is 0 Å². The highest BCUT2D eigenvalue weighted by molar-refractivity contribution is 5.01. The molecule has 3 nitrogen and oxygen atoms in total. The van der Waals surface area contributed by atoms with Crippen LogP contribution in [0.5, 0.6) is 0 Å². The highest BCUT2D eigenvalue weighted by atomic mass is 15.3. The largest absolute Gasteiger partial charge is 0.330 e. The molecule has 19 heavy (non-hydrogen) atoms. The molecule has 0 spiro atoms. The average molecular weight is 259 g/mol. The van der Waals surface area contributed by atoms with Crippen LogP contribution in [0.2, 0.25) is 0 Å². The van der Waals surface area contributed by atoms with Gasteiger partial charge in [-0.05, 0) is 80.7 Å². The number of aromatic nitrogens is 2. The Hall–Kier alpha value is -0.830. The van der Waals surface area contributed by atoms with Gasteiger partial charge in [0.15, 0.2) is 0 Å². The maximum absolute atomic E-state index is 5.89. The van der Waals surface area contributed by atoms with Gasteiger partial charge in [0.1, 0.15) is 0 Å². The molecule has 0 radical (unpaired) electrons. The van der Waals surface area contributed by atoms with E-state index in [0.717, 1.165) is 42.6 Å². The van der Waals surface area contributed by atoms with E-state index in [1.807, 2.05) is 6.20 Å². The van der Waals surface area contributed by atoms with E-state index in [0.29, 0.717) is 6.04 Å². The van der Waals surface area contributed by atoms with Crippen LogP contribution in [0, 0.1) is 29.6 Å². The van der Waals surface area contributed by atoms with E-state index in [1.54, 1.807) is 0 Å². The number of hydrogen-bond donors (Lipinski definition) is 1. The average Bonchev–Trinajstić information content (AvgIpc) is 2.89. The van der Waals surface area contributed by atoms with E-state index >= 15 is 0 Å². The Balaban J connectivity index is 1.62. The lowest BCUT2D eigenvalue weighted by atomic mass is 9.50. The zero-order valence-corrected chi connectivity index (χ0v) is 11.6. The van der Waals surface area contributed by atoms with Gasteiger partial charge in [0.25, 0.3) is 0 Å². The predicted octanol–water partition coefficient (Wildman–Crippen LogP) is 2.85. The summed E-state index contributed by atoms with van der Waals surface area (Å²) >= 11 is 0. The van der Waals surface area contributed by atoms with Gasteiger partial charge in [-0.15, -0.1) is 0 Å². The Morgan fingerprint density at radius 3 is 2.32 bits per heavy atom. The number of nitrogens with two attached hydrogens (primary N) is 1. The van der Waals surface area contributed by atoms with E-state index in [4.69, 9.17) is 5.73 Å². The first kappa shape index (κ1) is 12.0. The highest BCUT2D eigenvalue weighted by Gasteiger charge is 2.50. The topological polar surface area (TPSA) is 43.8 Å². The molecule has 4 saturated carbocycles. The zero-order chi connectivity index (χ0) is 12.8. The third-order valence-electron chi connectivity index (χ3n) is 6.07. The third kappa shape index (κ3) is 1.94. The molecule has 4 aliphatic rings. The Bertz CT molecular complexity index is 397. The van der Waals surface area contributed by atoms with Crippen molar-refractivity contribution in [1.82, 2.24) is 9.78 Å². The van der Waals surface area contributed by atoms with Crippen molar-refractivity contribution in [3.05, 3.63) is 18.5 Å². The van der Waals surface area contributed by atoms with Crippen LogP contribution < -0.4 is 5.73 Å². The molecule has 0 aliphatic heterocycles. The summed E-state index contributed by atoms with van der Waals surface area (Å²) in [7, 11) is 0. The first-order valence-corrected chi connectivity index (χ1v) is 8.04. The summed E-state index contributed by atoms with van der Waals surface area (Å²) in [6, 6.07) is 2.61. The fourth-order valence-electron chi connectivity index (χ4n) is 5.74. The molecule has 5 rings (SSSR count). The first-order chi connectivity index (χ1) is 9.35. The maximum atomic E-state index is 5.89. The fraction of sp³-hybridized carbons (Fsp3) is 0.812. The molecule has 4 bridgehead atoms. The molecule has 3 heteroatoms. The summed E-state index contributed by atoms with van der Waals surface area (Å²) in [5, 5.41) is 4.53. The lowest BCUT2D eigenvalue weighted by molar-refractivity contribution is -0.0613. The molecule has 1 aromatic rings. The fourth-order valence-corrected chi connectivity index (χ4v) is 5.74. The van der Waals surface area contributed by atoms with Crippen LogP contribution in [-0.4, -0.2) is 16.3 Å². The third-order valence-corrected chi connectivity index (χ3v) is 6.07. The van der Waals surface area contributed by atoms with Gasteiger partial charge in [-0.25, -0.2) is 0 Å². The molecule has 0 amide bonds.